The first-order valence-corrected chi connectivity index (χ1v) is 7.66. The van der Waals surface area contributed by atoms with Crippen molar-refractivity contribution in [1.82, 2.24) is 15.6 Å². The van der Waals surface area contributed by atoms with Crippen molar-refractivity contribution in [1.29, 1.82) is 0 Å². The minimum atomic E-state index is 0.619. The van der Waals surface area contributed by atoms with E-state index in [4.69, 9.17) is 12.2 Å². The van der Waals surface area contributed by atoms with Gasteiger partial charge >= 0.3 is 0 Å². The minimum absolute atomic E-state index is 0.619. The van der Waals surface area contributed by atoms with E-state index in [0.717, 1.165) is 35.6 Å². The second kappa shape index (κ2) is 5.87. The van der Waals surface area contributed by atoms with Gasteiger partial charge in [0.2, 0.25) is 0 Å². The maximum Gasteiger partial charge on any atom is 0.166 e. The second-order valence-corrected chi connectivity index (χ2v) is 6.16. The average Bonchev–Trinajstić information content (AvgIpc) is 3.02. The van der Waals surface area contributed by atoms with Gasteiger partial charge in [-0.25, -0.2) is 0 Å². The number of aromatic nitrogens is 1. The molecule has 3 nitrogen and oxygen atoms in total. The van der Waals surface area contributed by atoms with Gasteiger partial charge in [0.25, 0.3) is 0 Å². The summed E-state index contributed by atoms with van der Waals surface area (Å²) < 4.78 is 0. The van der Waals surface area contributed by atoms with E-state index in [1.165, 1.54) is 25.7 Å². The van der Waals surface area contributed by atoms with Crippen LogP contribution in [0.25, 0.3) is 0 Å². The standard InChI is InChI=1S/C15H21N3S/c19-15(17-8-6-13-3-1-2-7-16-13)18-14-10-11-4-5-12(14)9-11/h1-3,7,11-12,14H,4-6,8-10H2,(H2,17,18,19)/t11-,12-,14-/m0/s1. The molecule has 3 atom stereocenters. The highest BCUT2D eigenvalue weighted by Crippen LogP contribution is 2.44. The molecule has 1 heterocycles. The Balaban J connectivity index is 1.38. The first kappa shape index (κ1) is 12.9. The largest absolute Gasteiger partial charge is 0.362 e. The minimum Gasteiger partial charge on any atom is -0.362 e. The van der Waals surface area contributed by atoms with E-state index in [2.05, 4.69) is 15.6 Å². The van der Waals surface area contributed by atoms with Gasteiger partial charge in [-0.2, -0.15) is 0 Å². The normalized spacial score (nSPS) is 28.3. The lowest BCUT2D eigenvalue weighted by atomic mass is 9.96. The Morgan fingerprint density at radius 1 is 1.32 bits per heavy atom. The van der Waals surface area contributed by atoms with Crippen LogP contribution < -0.4 is 10.6 Å². The smallest absolute Gasteiger partial charge is 0.166 e. The Hall–Kier alpha value is -1.16. The molecule has 19 heavy (non-hydrogen) atoms. The van der Waals surface area contributed by atoms with Crippen molar-refractivity contribution < 1.29 is 0 Å². The van der Waals surface area contributed by atoms with Crippen LogP contribution in [0.15, 0.2) is 24.4 Å². The summed E-state index contributed by atoms with van der Waals surface area (Å²) >= 11 is 5.38. The summed E-state index contributed by atoms with van der Waals surface area (Å²) in [4.78, 5) is 4.31. The Labute approximate surface area is 120 Å². The molecule has 2 aliphatic carbocycles. The molecule has 2 saturated carbocycles. The van der Waals surface area contributed by atoms with Crippen molar-refractivity contribution in [2.24, 2.45) is 11.8 Å². The van der Waals surface area contributed by atoms with Crippen LogP contribution in [-0.4, -0.2) is 22.7 Å². The molecule has 0 spiro atoms. The van der Waals surface area contributed by atoms with Crippen molar-refractivity contribution in [2.45, 2.75) is 38.1 Å². The van der Waals surface area contributed by atoms with Crippen LogP contribution in [0.4, 0.5) is 0 Å². The second-order valence-electron chi connectivity index (χ2n) is 5.75. The fourth-order valence-corrected chi connectivity index (χ4v) is 3.74. The predicted molar refractivity (Wildman–Crippen MR) is 80.9 cm³/mol. The quantitative estimate of drug-likeness (QED) is 0.827. The average molecular weight is 275 g/mol. The summed E-state index contributed by atoms with van der Waals surface area (Å²) in [6.45, 7) is 0.851. The van der Waals surface area contributed by atoms with Gasteiger partial charge in [-0.3, -0.25) is 4.98 Å². The molecule has 0 amide bonds. The van der Waals surface area contributed by atoms with E-state index in [9.17, 15) is 0 Å². The number of hydrogen-bond donors (Lipinski definition) is 2. The summed E-state index contributed by atoms with van der Waals surface area (Å²) in [6, 6.07) is 6.63. The van der Waals surface area contributed by atoms with Crippen molar-refractivity contribution >= 4 is 17.3 Å². The molecule has 2 N–H and O–H groups in total. The molecule has 3 rings (SSSR count). The van der Waals surface area contributed by atoms with E-state index in [1.54, 1.807) is 0 Å². The highest BCUT2D eigenvalue weighted by atomic mass is 32.1. The zero-order valence-corrected chi connectivity index (χ0v) is 12.0. The monoisotopic (exact) mass is 275 g/mol. The topological polar surface area (TPSA) is 37.0 Å². The molecule has 102 valence electrons. The number of thiocarbonyl (C=S) groups is 1. The van der Waals surface area contributed by atoms with Crippen molar-refractivity contribution in [2.75, 3.05) is 6.54 Å². The first-order valence-electron chi connectivity index (χ1n) is 7.25. The zero-order chi connectivity index (χ0) is 13.1. The molecule has 0 aliphatic heterocycles. The lowest BCUT2D eigenvalue weighted by Crippen LogP contribution is -2.44. The van der Waals surface area contributed by atoms with E-state index < -0.39 is 0 Å². The number of fused-ring (bicyclic) bond motifs is 2. The van der Waals surface area contributed by atoms with Crippen molar-refractivity contribution in [3.8, 4) is 0 Å². The summed E-state index contributed by atoms with van der Waals surface area (Å²) in [7, 11) is 0. The molecule has 0 unspecified atom stereocenters. The summed E-state index contributed by atoms with van der Waals surface area (Å²) in [6.07, 6.45) is 8.29. The van der Waals surface area contributed by atoms with Gasteiger partial charge in [0.1, 0.15) is 0 Å². The third-order valence-electron chi connectivity index (χ3n) is 4.45. The van der Waals surface area contributed by atoms with Gasteiger partial charge in [0.15, 0.2) is 5.11 Å². The van der Waals surface area contributed by atoms with Gasteiger partial charge in [-0.1, -0.05) is 12.5 Å². The van der Waals surface area contributed by atoms with E-state index in [1.807, 2.05) is 24.4 Å². The molecule has 1 aromatic rings. The predicted octanol–water partition coefficient (Wildman–Crippen LogP) is 2.28. The van der Waals surface area contributed by atoms with Gasteiger partial charge in [-0.05, 0) is 55.4 Å². The van der Waals surface area contributed by atoms with Gasteiger partial charge in [0.05, 0.1) is 0 Å². The third-order valence-corrected chi connectivity index (χ3v) is 4.71. The maximum atomic E-state index is 5.38. The van der Waals surface area contributed by atoms with Gasteiger partial charge < -0.3 is 10.6 Å². The Kier molecular flexibility index (Phi) is 3.97. The van der Waals surface area contributed by atoms with Crippen molar-refractivity contribution in [3.63, 3.8) is 0 Å². The van der Waals surface area contributed by atoms with E-state index >= 15 is 0 Å². The van der Waals surface area contributed by atoms with Crippen LogP contribution in [0, 0.1) is 11.8 Å². The van der Waals surface area contributed by atoms with Crippen LogP contribution in [0.5, 0.6) is 0 Å². The number of nitrogens with one attached hydrogen (secondary N) is 2. The maximum absolute atomic E-state index is 5.38. The van der Waals surface area contributed by atoms with Crippen LogP contribution in [0.3, 0.4) is 0 Å². The van der Waals surface area contributed by atoms with E-state index in [0.29, 0.717) is 6.04 Å². The lowest BCUT2D eigenvalue weighted by Gasteiger charge is -2.24. The SMILES string of the molecule is S=C(NCCc1ccccn1)N[C@H]1C[C@H]2CC[C@H]1C2. The molecule has 0 radical (unpaired) electrons. The first-order chi connectivity index (χ1) is 9.31. The third kappa shape index (κ3) is 3.24. The van der Waals surface area contributed by atoms with E-state index in [-0.39, 0.29) is 0 Å². The van der Waals surface area contributed by atoms with Gasteiger partial charge in [0, 0.05) is 30.9 Å². The number of hydrogen-bond acceptors (Lipinski definition) is 2. The molecule has 2 bridgehead atoms. The van der Waals surface area contributed by atoms with Crippen molar-refractivity contribution in [3.05, 3.63) is 30.1 Å². The van der Waals surface area contributed by atoms with Crippen LogP contribution >= 0.6 is 12.2 Å². The Bertz CT molecular complexity index is 434. The Morgan fingerprint density at radius 2 is 2.26 bits per heavy atom. The van der Waals surface area contributed by atoms with Gasteiger partial charge in [-0.15, -0.1) is 0 Å². The molecule has 1 aromatic heterocycles. The number of pyridine rings is 1. The molecule has 2 aliphatic rings. The summed E-state index contributed by atoms with van der Waals surface area (Å²) in [5.74, 6) is 1.82. The van der Waals surface area contributed by atoms with Crippen LogP contribution in [-0.2, 0) is 6.42 Å². The summed E-state index contributed by atoms with van der Waals surface area (Å²) in [5, 5.41) is 7.61. The Morgan fingerprint density at radius 3 is 2.95 bits per heavy atom. The highest BCUT2D eigenvalue weighted by molar-refractivity contribution is 7.80. The van der Waals surface area contributed by atoms with Crippen LogP contribution in [0.1, 0.15) is 31.4 Å². The number of nitrogens with zero attached hydrogens (tertiary/aromatic N) is 1. The molecular weight excluding hydrogens is 254 g/mol. The molecule has 2 fully saturated rings. The molecule has 0 saturated heterocycles. The lowest BCUT2D eigenvalue weighted by molar-refractivity contribution is 0.389. The summed E-state index contributed by atoms with van der Waals surface area (Å²) in [5.41, 5.74) is 1.11. The fraction of sp³-hybridized carbons (Fsp3) is 0.600. The molecule has 0 aromatic carbocycles. The fourth-order valence-electron chi connectivity index (χ4n) is 3.49. The molecule has 4 heteroatoms. The highest BCUT2D eigenvalue weighted by Gasteiger charge is 2.39. The number of rotatable bonds is 4. The zero-order valence-electron chi connectivity index (χ0n) is 11.1. The molecular formula is C15H21N3S. The van der Waals surface area contributed by atoms with Crippen LogP contribution in [0.2, 0.25) is 0 Å².